The average molecular weight is 324 g/mol. The summed E-state index contributed by atoms with van der Waals surface area (Å²) in [6, 6.07) is 13.7. The molecule has 0 amide bonds. The van der Waals surface area contributed by atoms with Crippen molar-refractivity contribution in [2.24, 2.45) is 5.10 Å². The third kappa shape index (κ3) is 3.78. The van der Waals surface area contributed by atoms with Crippen molar-refractivity contribution in [3.8, 4) is 5.75 Å². The van der Waals surface area contributed by atoms with Gasteiger partial charge >= 0.3 is 0 Å². The Balaban J connectivity index is 1.75. The molecule has 24 heavy (non-hydrogen) atoms. The highest BCUT2D eigenvalue weighted by molar-refractivity contribution is 5.83. The van der Waals surface area contributed by atoms with Crippen LogP contribution in [0.2, 0.25) is 0 Å². The van der Waals surface area contributed by atoms with Crippen molar-refractivity contribution in [1.29, 1.82) is 0 Å². The molecule has 0 atom stereocenters. The molecule has 0 unspecified atom stereocenters. The van der Waals surface area contributed by atoms with Crippen molar-refractivity contribution in [3.63, 3.8) is 0 Å². The van der Waals surface area contributed by atoms with Gasteiger partial charge in [-0.15, -0.1) is 0 Å². The zero-order valence-corrected chi connectivity index (χ0v) is 13.2. The standard InChI is InChI=1S/C18H17FN4O/c1-13-11-23(18(20)22-13)21-10-15-4-2-3-5-17(15)24-12-14-6-8-16(19)9-7-14/h2-11H,12H2,1H3,(H2,20,22). The van der Waals surface area contributed by atoms with E-state index in [-0.39, 0.29) is 5.82 Å². The Bertz CT molecular complexity index is 856. The Morgan fingerprint density at radius 3 is 2.67 bits per heavy atom. The molecule has 0 saturated carbocycles. The fraction of sp³-hybridized carbons (Fsp3) is 0.111. The van der Waals surface area contributed by atoms with Crippen molar-refractivity contribution in [1.82, 2.24) is 9.66 Å². The number of nitrogens with zero attached hydrogens (tertiary/aromatic N) is 3. The molecule has 2 aromatic carbocycles. The maximum absolute atomic E-state index is 12.9. The molecule has 3 rings (SSSR count). The highest BCUT2D eigenvalue weighted by Crippen LogP contribution is 2.18. The van der Waals surface area contributed by atoms with Crippen LogP contribution in [0.15, 0.2) is 59.8 Å². The Labute approximate surface area is 139 Å². The maximum atomic E-state index is 12.9. The molecule has 5 nitrogen and oxygen atoms in total. The van der Waals surface area contributed by atoms with E-state index in [1.165, 1.54) is 16.8 Å². The molecule has 3 aromatic rings. The molecule has 1 heterocycles. The van der Waals surface area contributed by atoms with Crippen LogP contribution in [0, 0.1) is 12.7 Å². The van der Waals surface area contributed by atoms with Crippen molar-refractivity contribution in [2.75, 3.05) is 5.73 Å². The minimum absolute atomic E-state index is 0.264. The van der Waals surface area contributed by atoms with Crippen molar-refractivity contribution in [3.05, 3.63) is 77.4 Å². The summed E-state index contributed by atoms with van der Waals surface area (Å²) in [6.07, 6.45) is 3.41. The van der Waals surface area contributed by atoms with E-state index in [0.717, 1.165) is 16.8 Å². The molecule has 0 saturated heterocycles. The number of hydrogen-bond acceptors (Lipinski definition) is 4. The summed E-state index contributed by atoms with van der Waals surface area (Å²) in [6.45, 7) is 2.19. The fourth-order valence-corrected chi connectivity index (χ4v) is 2.18. The van der Waals surface area contributed by atoms with E-state index in [0.29, 0.717) is 18.3 Å². The first-order chi connectivity index (χ1) is 11.6. The zero-order valence-electron chi connectivity index (χ0n) is 13.2. The van der Waals surface area contributed by atoms with E-state index in [1.807, 2.05) is 31.2 Å². The van der Waals surface area contributed by atoms with Gasteiger partial charge in [-0.1, -0.05) is 24.3 Å². The van der Waals surface area contributed by atoms with E-state index in [4.69, 9.17) is 10.5 Å². The lowest BCUT2D eigenvalue weighted by atomic mass is 10.2. The summed E-state index contributed by atoms with van der Waals surface area (Å²) >= 11 is 0. The molecular formula is C18H17FN4O. The second-order valence-corrected chi connectivity index (χ2v) is 5.28. The molecule has 0 spiro atoms. The third-order valence-corrected chi connectivity index (χ3v) is 3.38. The number of halogens is 1. The second kappa shape index (κ2) is 6.95. The molecule has 0 aliphatic rings. The molecule has 122 valence electrons. The summed E-state index contributed by atoms with van der Waals surface area (Å²) in [5.41, 5.74) is 8.26. The van der Waals surface area contributed by atoms with Gasteiger partial charge in [-0.3, -0.25) is 0 Å². The number of aryl methyl sites for hydroxylation is 1. The number of para-hydroxylation sites is 1. The Hall–Kier alpha value is -3.15. The molecule has 1 aromatic heterocycles. The SMILES string of the molecule is Cc1cn(N=Cc2ccccc2OCc2ccc(F)cc2)c(N)n1. The average Bonchev–Trinajstić information content (AvgIpc) is 2.91. The highest BCUT2D eigenvalue weighted by Gasteiger charge is 2.03. The van der Waals surface area contributed by atoms with E-state index in [1.54, 1.807) is 24.5 Å². The fourth-order valence-electron chi connectivity index (χ4n) is 2.18. The van der Waals surface area contributed by atoms with Gasteiger partial charge in [0.2, 0.25) is 5.95 Å². The van der Waals surface area contributed by atoms with Crippen molar-refractivity contribution < 1.29 is 9.13 Å². The summed E-state index contributed by atoms with van der Waals surface area (Å²) in [5.74, 6) is 0.744. The topological polar surface area (TPSA) is 65.4 Å². The third-order valence-electron chi connectivity index (χ3n) is 3.38. The van der Waals surface area contributed by atoms with Gasteiger partial charge in [0, 0.05) is 5.56 Å². The Morgan fingerprint density at radius 1 is 1.21 bits per heavy atom. The van der Waals surface area contributed by atoms with Crippen molar-refractivity contribution in [2.45, 2.75) is 13.5 Å². The predicted octanol–water partition coefficient (Wildman–Crippen LogP) is 3.37. The van der Waals surface area contributed by atoms with Crippen LogP contribution in [0.5, 0.6) is 5.75 Å². The van der Waals surface area contributed by atoms with Crippen molar-refractivity contribution >= 4 is 12.2 Å². The van der Waals surface area contributed by atoms with Crippen LogP contribution in [0.3, 0.4) is 0 Å². The maximum Gasteiger partial charge on any atom is 0.221 e. The van der Waals surface area contributed by atoms with Crippen LogP contribution in [-0.2, 0) is 6.61 Å². The van der Waals surface area contributed by atoms with Gasteiger partial charge in [-0.25, -0.2) is 14.1 Å². The van der Waals surface area contributed by atoms with E-state index in [2.05, 4.69) is 10.1 Å². The predicted molar refractivity (Wildman–Crippen MR) is 91.5 cm³/mol. The van der Waals surface area contributed by atoms with Gasteiger partial charge in [0.1, 0.15) is 18.2 Å². The van der Waals surface area contributed by atoms with Gasteiger partial charge in [0.05, 0.1) is 18.1 Å². The number of anilines is 1. The number of aromatic nitrogens is 2. The van der Waals surface area contributed by atoms with Crippen LogP contribution in [0.25, 0.3) is 0 Å². The van der Waals surface area contributed by atoms with E-state index in [9.17, 15) is 4.39 Å². The zero-order chi connectivity index (χ0) is 16.9. The largest absolute Gasteiger partial charge is 0.488 e. The summed E-state index contributed by atoms with van der Waals surface area (Å²) in [4.78, 5) is 4.09. The quantitative estimate of drug-likeness (QED) is 0.732. The van der Waals surface area contributed by atoms with Crippen LogP contribution in [0.1, 0.15) is 16.8 Å². The lowest BCUT2D eigenvalue weighted by Crippen LogP contribution is -2.00. The summed E-state index contributed by atoms with van der Waals surface area (Å²) in [7, 11) is 0. The number of nitrogens with two attached hydrogens (primary N) is 1. The summed E-state index contributed by atoms with van der Waals surface area (Å²) < 4.78 is 20.3. The first-order valence-electron chi connectivity index (χ1n) is 7.44. The Kier molecular flexibility index (Phi) is 4.56. The van der Waals surface area contributed by atoms with E-state index >= 15 is 0 Å². The molecule has 6 heteroatoms. The lowest BCUT2D eigenvalue weighted by molar-refractivity contribution is 0.305. The number of imidazole rings is 1. The molecule has 0 aliphatic heterocycles. The first kappa shape index (κ1) is 15.7. The molecule has 0 aliphatic carbocycles. The number of ether oxygens (including phenoxy) is 1. The molecule has 0 fully saturated rings. The number of hydrogen-bond donors (Lipinski definition) is 1. The highest BCUT2D eigenvalue weighted by atomic mass is 19.1. The van der Waals surface area contributed by atoms with Gasteiger partial charge < -0.3 is 10.5 Å². The second-order valence-electron chi connectivity index (χ2n) is 5.28. The van der Waals surface area contributed by atoms with Gasteiger partial charge in [-0.05, 0) is 36.8 Å². The minimum Gasteiger partial charge on any atom is -0.488 e. The van der Waals surface area contributed by atoms with Crippen LogP contribution in [-0.4, -0.2) is 15.9 Å². The number of nitrogen functional groups attached to an aromatic ring is 1. The number of benzene rings is 2. The van der Waals surface area contributed by atoms with Gasteiger partial charge in [-0.2, -0.15) is 5.10 Å². The Morgan fingerprint density at radius 2 is 1.96 bits per heavy atom. The smallest absolute Gasteiger partial charge is 0.221 e. The molecule has 0 radical (unpaired) electrons. The van der Waals surface area contributed by atoms with Crippen LogP contribution in [0.4, 0.5) is 10.3 Å². The van der Waals surface area contributed by atoms with Gasteiger partial charge in [0.15, 0.2) is 0 Å². The van der Waals surface area contributed by atoms with Crippen LogP contribution >= 0.6 is 0 Å². The van der Waals surface area contributed by atoms with Crippen LogP contribution < -0.4 is 10.5 Å². The normalized spacial score (nSPS) is 11.1. The monoisotopic (exact) mass is 324 g/mol. The molecular weight excluding hydrogens is 307 g/mol. The molecule has 2 N–H and O–H groups in total. The minimum atomic E-state index is -0.264. The molecule has 0 bridgehead atoms. The number of rotatable bonds is 5. The first-order valence-corrected chi connectivity index (χ1v) is 7.44. The summed E-state index contributed by atoms with van der Waals surface area (Å²) in [5, 5.41) is 4.30. The van der Waals surface area contributed by atoms with Gasteiger partial charge in [0.25, 0.3) is 0 Å². The van der Waals surface area contributed by atoms with E-state index < -0.39 is 0 Å². The lowest BCUT2D eigenvalue weighted by Gasteiger charge is -2.09.